The summed E-state index contributed by atoms with van der Waals surface area (Å²) in [5.41, 5.74) is 0.899. The number of benzene rings is 1. The Hall–Kier alpha value is -2.02. The molecule has 0 radical (unpaired) electrons. The minimum atomic E-state index is 0.569. The van der Waals surface area contributed by atoms with Crippen molar-refractivity contribution in [3.63, 3.8) is 0 Å². The zero-order valence-electron chi connectivity index (χ0n) is 8.16. The van der Waals surface area contributed by atoms with Gasteiger partial charge in [0.15, 0.2) is 0 Å². The van der Waals surface area contributed by atoms with Gasteiger partial charge in [-0.25, -0.2) is 0 Å². The van der Waals surface area contributed by atoms with Crippen LogP contribution in [0.15, 0.2) is 41.6 Å². The van der Waals surface area contributed by atoms with E-state index in [1.807, 2.05) is 24.3 Å². The van der Waals surface area contributed by atoms with Gasteiger partial charge in [0.05, 0.1) is 6.26 Å². The van der Waals surface area contributed by atoms with Gasteiger partial charge in [-0.15, -0.1) is 10.2 Å². The first-order chi connectivity index (χ1) is 7.90. The number of nitrogens with one attached hydrogen (secondary N) is 2. The highest BCUT2D eigenvalue weighted by molar-refractivity contribution is 7.97. The number of hydrogen-bond acceptors (Lipinski definition) is 6. The second kappa shape index (κ2) is 5.17. The van der Waals surface area contributed by atoms with E-state index in [2.05, 4.69) is 25.3 Å². The van der Waals surface area contributed by atoms with E-state index >= 15 is 0 Å². The molecule has 0 amide bonds. The number of nitrogens with zero attached hydrogens (tertiary/aromatic N) is 3. The first kappa shape index (κ1) is 10.5. The molecule has 2 aromatic rings. The molecule has 0 aliphatic rings. The monoisotopic (exact) mass is 235 g/mol. The van der Waals surface area contributed by atoms with Gasteiger partial charge in [0, 0.05) is 16.7 Å². The van der Waals surface area contributed by atoms with Crippen molar-refractivity contribution in [2.45, 2.75) is 4.90 Å². The number of aliphatic hydroxyl groups is 1. The van der Waals surface area contributed by atoms with Gasteiger partial charge < -0.3 is 9.83 Å². The molecule has 7 heteroatoms. The molecule has 0 saturated carbocycles. The maximum absolute atomic E-state index is 8.43. The van der Waals surface area contributed by atoms with Crippen molar-refractivity contribution in [1.29, 1.82) is 0 Å². The van der Waals surface area contributed by atoms with Gasteiger partial charge in [-0.05, 0) is 41.4 Å². The molecule has 6 nitrogen and oxygen atoms in total. The van der Waals surface area contributed by atoms with Crippen molar-refractivity contribution in [3.05, 3.63) is 36.7 Å². The lowest BCUT2D eigenvalue weighted by Gasteiger charge is -2.00. The average molecular weight is 235 g/mol. The van der Waals surface area contributed by atoms with Gasteiger partial charge in [-0.2, -0.15) is 5.21 Å². The first-order valence-electron chi connectivity index (χ1n) is 4.45. The number of tetrazole rings is 1. The van der Waals surface area contributed by atoms with Gasteiger partial charge in [0.1, 0.15) is 0 Å². The number of rotatable bonds is 4. The highest BCUT2D eigenvalue weighted by atomic mass is 32.2. The van der Waals surface area contributed by atoms with E-state index in [0.29, 0.717) is 5.82 Å². The topological polar surface area (TPSA) is 86.7 Å². The number of aromatic nitrogens is 4. The third-order valence-electron chi connectivity index (χ3n) is 1.78. The van der Waals surface area contributed by atoms with E-state index in [0.717, 1.165) is 16.7 Å². The van der Waals surface area contributed by atoms with Crippen molar-refractivity contribution in [3.8, 4) is 11.4 Å². The van der Waals surface area contributed by atoms with Crippen molar-refractivity contribution >= 4 is 11.9 Å². The molecule has 0 aliphatic carbocycles. The largest absolute Gasteiger partial charge is 0.514 e. The summed E-state index contributed by atoms with van der Waals surface area (Å²) in [4.78, 5) is 1.02. The Kier molecular flexibility index (Phi) is 3.39. The van der Waals surface area contributed by atoms with Crippen LogP contribution in [0.5, 0.6) is 0 Å². The van der Waals surface area contributed by atoms with Crippen LogP contribution in [0, 0.1) is 0 Å². The summed E-state index contributed by atoms with van der Waals surface area (Å²) in [6.45, 7) is 0. The quantitative estimate of drug-likeness (QED) is 0.550. The second-order valence-corrected chi connectivity index (χ2v) is 3.71. The Labute approximate surface area is 95.9 Å². The fraction of sp³-hybridized carbons (Fsp3) is 0. The molecule has 0 aliphatic heterocycles. The molecule has 0 saturated heterocycles. The third-order valence-corrected chi connectivity index (χ3v) is 2.54. The molecule has 0 atom stereocenters. The fourth-order valence-electron chi connectivity index (χ4n) is 1.09. The predicted molar refractivity (Wildman–Crippen MR) is 60.4 cm³/mol. The highest BCUT2D eigenvalue weighted by Crippen LogP contribution is 2.19. The number of aliphatic hydroxyl groups excluding tert-OH is 1. The molecule has 0 unspecified atom stereocenters. The van der Waals surface area contributed by atoms with Crippen LogP contribution in [-0.4, -0.2) is 25.7 Å². The third kappa shape index (κ3) is 2.51. The minimum Gasteiger partial charge on any atom is -0.514 e. The fourth-order valence-corrected chi connectivity index (χ4v) is 1.63. The van der Waals surface area contributed by atoms with Crippen LogP contribution in [0.2, 0.25) is 0 Å². The second-order valence-electron chi connectivity index (χ2n) is 2.80. The van der Waals surface area contributed by atoms with E-state index in [9.17, 15) is 0 Å². The van der Waals surface area contributed by atoms with E-state index in [1.54, 1.807) is 0 Å². The van der Waals surface area contributed by atoms with Crippen LogP contribution in [-0.2, 0) is 0 Å². The summed E-state index contributed by atoms with van der Waals surface area (Å²) in [6, 6.07) is 7.65. The van der Waals surface area contributed by atoms with Gasteiger partial charge >= 0.3 is 0 Å². The van der Waals surface area contributed by atoms with Gasteiger partial charge in [0.2, 0.25) is 5.82 Å². The molecule has 1 aromatic heterocycles. The van der Waals surface area contributed by atoms with Crippen molar-refractivity contribution < 1.29 is 5.11 Å². The number of aromatic amines is 1. The minimum absolute atomic E-state index is 0.569. The van der Waals surface area contributed by atoms with E-state index in [1.165, 1.54) is 18.1 Å². The van der Waals surface area contributed by atoms with Crippen molar-refractivity contribution in [2.75, 3.05) is 0 Å². The summed E-state index contributed by atoms with van der Waals surface area (Å²) in [5.74, 6) is 0.569. The summed E-state index contributed by atoms with van der Waals surface area (Å²) in [7, 11) is 0. The predicted octanol–water partition coefficient (Wildman–Crippen LogP) is 1.49. The zero-order chi connectivity index (χ0) is 11.2. The molecule has 2 rings (SSSR count). The lowest BCUT2D eigenvalue weighted by Crippen LogP contribution is -1.90. The lowest BCUT2D eigenvalue weighted by atomic mass is 10.2. The Balaban J connectivity index is 2.05. The van der Waals surface area contributed by atoms with Crippen LogP contribution in [0.4, 0.5) is 0 Å². The van der Waals surface area contributed by atoms with Crippen LogP contribution < -0.4 is 4.72 Å². The molecule has 0 spiro atoms. The van der Waals surface area contributed by atoms with E-state index in [4.69, 9.17) is 5.11 Å². The molecular formula is C9H9N5OS. The lowest BCUT2D eigenvalue weighted by molar-refractivity contribution is 0.471. The zero-order valence-corrected chi connectivity index (χ0v) is 8.98. The van der Waals surface area contributed by atoms with Crippen LogP contribution >= 0.6 is 11.9 Å². The summed E-state index contributed by atoms with van der Waals surface area (Å²) < 4.78 is 2.84. The van der Waals surface area contributed by atoms with E-state index < -0.39 is 0 Å². The summed E-state index contributed by atoms with van der Waals surface area (Å²) in [6.07, 6.45) is 2.39. The average Bonchev–Trinajstić information content (AvgIpc) is 2.84. The smallest absolute Gasteiger partial charge is 0.204 e. The molecule has 1 heterocycles. The first-order valence-corrected chi connectivity index (χ1v) is 5.27. The Morgan fingerprint density at radius 1 is 1.31 bits per heavy atom. The van der Waals surface area contributed by atoms with Crippen LogP contribution in [0.25, 0.3) is 11.4 Å². The standard InChI is InChI=1S/C9H9N5OS/c15-6-5-10-16-8-3-1-7(2-4-8)9-11-13-14-12-9/h1-6,10,15H,(H,11,12,13,14)/b6-5+. The normalized spacial score (nSPS) is 10.8. The van der Waals surface area contributed by atoms with Gasteiger partial charge in [-0.1, -0.05) is 0 Å². The number of hydrogen-bond donors (Lipinski definition) is 3. The SMILES string of the molecule is O/C=C/NSc1ccc(-c2nn[nH]n2)cc1. The van der Waals surface area contributed by atoms with Gasteiger partial charge in [-0.3, -0.25) is 0 Å². The maximum Gasteiger partial charge on any atom is 0.204 e. The molecule has 0 bridgehead atoms. The Morgan fingerprint density at radius 2 is 2.12 bits per heavy atom. The van der Waals surface area contributed by atoms with E-state index in [-0.39, 0.29) is 0 Å². The van der Waals surface area contributed by atoms with Crippen LogP contribution in [0.1, 0.15) is 0 Å². The molecule has 1 aromatic carbocycles. The Morgan fingerprint density at radius 3 is 2.75 bits per heavy atom. The number of H-pyrrole nitrogens is 1. The van der Waals surface area contributed by atoms with Crippen molar-refractivity contribution in [2.24, 2.45) is 0 Å². The molecule has 16 heavy (non-hydrogen) atoms. The molecule has 82 valence electrons. The summed E-state index contributed by atoms with van der Waals surface area (Å²) in [5, 5.41) is 22.1. The van der Waals surface area contributed by atoms with Gasteiger partial charge in [0.25, 0.3) is 0 Å². The van der Waals surface area contributed by atoms with Crippen molar-refractivity contribution in [1.82, 2.24) is 25.3 Å². The van der Waals surface area contributed by atoms with Crippen LogP contribution in [0.3, 0.4) is 0 Å². The molecule has 3 N–H and O–H groups in total. The maximum atomic E-state index is 8.43. The summed E-state index contributed by atoms with van der Waals surface area (Å²) >= 11 is 1.39. The Bertz CT molecular complexity index is 453. The highest BCUT2D eigenvalue weighted by Gasteiger charge is 2.01. The molecular weight excluding hydrogens is 226 g/mol. The molecule has 0 fully saturated rings.